The molecule has 2 atom stereocenters. The van der Waals surface area contributed by atoms with E-state index >= 15 is 0 Å². The van der Waals surface area contributed by atoms with Crippen molar-refractivity contribution in [1.29, 1.82) is 0 Å². The van der Waals surface area contributed by atoms with E-state index in [1.165, 1.54) is 56.4 Å². The fourth-order valence-corrected chi connectivity index (χ4v) is 3.17. The molecule has 1 aliphatic heterocycles. The lowest BCUT2D eigenvalue weighted by Gasteiger charge is -2.22. The first-order chi connectivity index (χ1) is 10.2. The first-order valence-corrected chi connectivity index (χ1v) is 8.79. The van der Waals surface area contributed by atoms with Crippen molar-refractivity contribution in [2.24, 2.45) is 5.92 Å². The Balaban J connectivity index is 1.92. The third kappa shape index (κ3) is 5.35. The summed E-state index contributed by atoms with van der Waals surface area (Å²) in [6.45, 7) is 10.6. The van der Waals surface area contributed by atoms with Crippen molar-refractivity contribution in [2.45, 2.75) is 65.5 Å². The van der Waals surface area contributed by atoms with Gasteiger partial charge in [-0.1, -0.05) is 39.3 Å². The Bertz CT molecular complexity index is 410. The highest BCUT2D eigenvalue weighted by Crippen LogP contribution is 2.20. The zero-order chi connectivity index (χ0) is 15.1. The Kier molecular flexibility index (Phi) is 6.56. The van der Waals surface area contributed by atoms with E-state index in [0.717, 1.165) is 12.5 Å². The van der Waals surface area contributed by atoms with Gasteiger partial charge in [0.2, 0.25) is 0 Å². The van der Waals surface area contributed by atoms with E-state index in [1.807, 2.05) is 0 Å². The lowest BCUT2D eigenvalue weighted by Crippen LogP contribution is -2.22. The van der Waals surface area contributed by atoms with E-state index < -0.39 is 0 Å². The standard InChI is InChI=1S/C19H32N2/c1-4-16(3)13-18(5-2)20-19-10-8-9-17(14-19)15-21-11-6-7-12-21/h8-10,14,16,18,20H,4-7,11-13,15H2,1-3H3. The molecule has 1 aliphatic rings. The van der Waals surface area contributed by atoms with Crippen LogP contribution in [0.1, 0.15) is 58.4 Å². The van der Waals surface area contributed by atoms with Gasteiger partial charge in [0, 0.05) is 18.3 Å². The van der Waals surface area contributed by atoms with Gasteiger partial charge in [-0.25, -0.2) is 0 Å². The van der Waals surface area contributed by atoms with Crippen molar-refractivity contribution in [3.63, 3.8) is 0 Å². The van der Waals surface area contributed by atoms with Gasteiger partial charge >= 0.3 is 0 Å². The molecule has 2 nitrogen and oxygen atoms in total. The largest absolute Gasteiger partial charge is 0.382 e. The summed E-state index contributed by atoms with van der Waals surface area (Å²) in [5.41, 5.74) is 2.74. The minimum Gasteiger partial charge on any atom is -0.382 e. The van der Waals surface area contributed by atoms with Crippen LogP contribution in [0, 0.1) is 5.92 Å². The van der Waals surface area contributed by atoms with E-state index in [2.05, 4.69) is 55.3 Å². The highest BCUT2D eigenvalue weighted by molar-refractivity contribution is 5.46. The first-order valence-electron chi connectivity index (χ1n) is 8.79. The average molecular weight is 288 g/mol. The highest BCUT2D eigenvalue weighted by Gasteiger charge is 2.13. The smallest absolute Gasteiger partial charge is 0.0345 e. The van der Waals surface area contributed by atoms with Crippen LogP contribution in [0.2, 0.25) is 0 Å². The van der Waals surface area contributed by atoms with Crippen molar-refractivity contribution in [3.05, 3.63) is 29.8 Å². The molecule has 0 spiro atoms. The van der Waals surface area contributed by atoms with Gasteiger partial charge in [-0.2, -0.15) is 0 Å². The molecule has 1 aromatic carbocycles. The van der Waals surface area contributed by atoms with Crippen LogP contribution in [0.3, 0.4) is 0 Å². The molecule has 21 heavy (non-hydrogen) atoms. The molecule has 2 rings (SSSR count). The summed E-state index contributed by atoms with van der Waals surface area (Å²) in [5, 5.41) is 3.74. The number of nitrogens with zero attached hydrogens (tertiary/aromatic N) is 1. The van der Waals surface area contributed by atoms with Gasteiger partial charge in [-0.3, -0.25) is 4.90 Å². The van der Waals surface area contributed by atoms with Crippen LogP contribution in [-0.4, -0.2) is 24.0 Å². The molecule has 1 N–H and O–H groups in total. The summed E-state index contributed by atoms with van der Waals surface area (Å²) in [7, 11) is 0. The summed E-state index contributed by atoms with van der Waals surface area (Å²) in [6.07, 6.45) is 6.47. The van der Waals surface area contributed by atoms with E-state index in [1.54, 1.807) is 0 Å². The van der Waals surface area contributed by atoms with E-state index in [-0.39, 0.29) is 0 Å². The maximum absolute atomic E-state index is 3.74. The second-order valence-electron chi connectivity index (χ2n) is 6.68. The molecule has 0 amide bonds. The van der Waals surface area contributed by atoms with Crippen LogP contribution in [0.15, 0.2) is 24.3 Å². The van der Waals surface area contributed by atoms with Crippen molar-refractivity contribution < 1.29 is 0 Å². The molecule has 0 aromatic heterocycles. The Labute approximate surface area is 130 Å². The van der Waals surface area contributed by atoms with Crippen LogP contribution in [0.25, 0.3) is 0 Å². The summed E-state index contributed by atoms with van der Waals surface area (Å²) < 4.78 is 0. The number of hydrogen-bond acceptors (Lipinski definition) is 2. The first kappa shape index (κ1) is 16.4. The van der Waals surface area contributed by atoms with Gasteiger partial charge in [-0.15, -0.1) is 0 Å². The fourth-order valence-electron chi connectivity index (χ4n) is 3.17. The molecule has 0 aliphatic carbocycles. The Hall–Kier alpha value is -1.02. The van der Waals surface area contributed by atoms with Crippen LogP contribution < -0.4 is 5.32 Å². The monoisotopic (exact) mass is 288 g/mol. The summed E-state index contributed by atoms with van der Waals surface area (Å²) in [4.78, 5) is 2.57. The van der Waals surface area contributed by atoms with Crippen molar-refractivity contribution in [1.82, 2.24) is 4.90 Å². The molecule has 0 bridgehead atoms. The Morgan fingerprint density at radius 3 is 2.57 bits per heavy atom. The predicted molar refractivity (Wildman–Crippen MR) is 92.7 cm³/mol. The summed E-state index contributed by atoms with van der Waals surface area (Å²) in [6, 6.07) is 9.62. The molecule has 2 heteroatoms. The predicted octanol–water partition coefficient (Wildman–Crippen LogP) is 4.91. The molecule has 0 radical (unpaired) electrons. The summed E-state index contributed by atoms with van der Waals surface area (Å²) >= 11 is 0. The average Bonchev–Trinajstić information content (AvgIpc) is 2.99. The lowest BCUT2D eigenvalue weighted by molar-refractivity contribution is 0.331. The fraction of sp³-hybridized carbons (Fsp3) is 0.684. The normalized spacial score (nSPS) is 18.6. The molecule has 1 fully saturated rings. The van der Waals surface area contributed by atoms with E-state index in [9.17, 15) is 0 Å². The second kappa shape index (κ2) is 8.43. The van der Waals surface area contributed by atoms with Gasteiger partial charge in [0.1, 0.15) is 0 Å². The number of benzene rings is 1. The zero-order valence-electron chi connectivity index (χ0n) is 14.1. The molecule has 1 saturated heterocycles. The maximum atomic E-state index is 3.74. The number of anilines is 1. The number of likely N-dealkylation sites (tertiary alicyclic amines) is 1. The lowest BCUT2D eigenvalue weighted by atomic mass is 9.97. The topological polar surface area (TPSA) is 15.3 Å². The van der Waals surface area contributed by atoms with Crippen LogP contribution in [-0.2, 0) is 6.54 Å². The number of nitrogens with one attached hydrogen (secondary N) is 1. The van der Waals surface area contributed by atoms with Crippen LogP contribution in [0.5, 0.6) is 0 Å². The van der Waals surface area contributed by atoms with Gasteiger partial charge in [0.25, 0.3) is 0 Å². The quantitative estimate of drug-likeness (QED) is 0.731. The molecular formula is C19H32N2. The summed E-state index contributed by atoms with van der Waals surface area (Å²) in [5.74, 6) is 0.801. The third-order valence-electron chi connectivity index (χ3n) is 4.78. The van der Waals surface area contributed by atoms with Crippen molar-refractivity contribution in [2.75, 3.05) is 18.4 Å². The van der Waals surface area contributed by atoms with Gasteiger partial charge < -0.3 is 5.32 Å². The number of hydrogen-bond donors (Lipinski definition) is 1. The minimum atomic E-state index is 0.599. The minimum absolute atomic E-state index is 0.599. The molecular weight excluding hydrogens is 256 g/mol. The number of rotatable bonds is 8. The maximum Gasteiger partial charge on any atom is 0.0345 e. The van der Waals surface area contributed by atoms with Crippen molar-refractivity contribution >= 4 is 5.69 Å². The van der Waals surface area contributed by atoms with Gasteiger partial charge in [0.05, 0.1) is 0 Å². The van der Waals surface area contributed by atoms with Gasteiger partial charge in [0.15, 0.2) is 0 Å². The molecule has 118 valence electrons. The SMILES string of the molecule is CCC(C)CC(CC)Nc1cccc(CN2CCCC2)c1. The Morgan fingerprint density at radius 1 is 1.14 bits per heavy atom. The molecule has 0 saturated carbocycles. The van der Waals surface area contributed by atoms with Crippen LogP contribution in [0.4, 0.5) is 5.69 Å². The molecule has 1 aromatic rings. The van der Waals surface area contributed by atoms with E-state index in [4.69, 9.17) is 0 Å². The van der Waals surface area contributed by atoms with Crippen molar-refractivity contribution in [3.8, 4) is 0 Å². The Morgan fingerprint density at radius 2 is 1.90 bits per heavy atom. The second-order valence-corrected chi connectivity index (χ2v) is 6.68. The zero-order valence-corrected chi connectivity index (χ0v) is 14.1. The van der Waals surface area contributed by atoms with E-state index in [0.29, 0.717) is 6.04 Å². The third-order valence-corrected chi connectivity index (χ3v) is 4.78. The van der Waals surface area contributed by atoms with Gasteiger partial charge in [-0.05, 0) is 62.4 Å². The van der Waals surface area contributed by atoms with Crippen LogP contribution >= 0.6 is 0 Å². The molecule has 1 heterocycles. The molecule has 2 unspecified atom stereocenters. The highest BCUT2D eigenvalue weighted by atomic mass is 15.1.